The van der Waals surface area contributed by atoms with Gasteiger partial charge in [0.05, 0.1) is 5.52 Å². The second-order valence-electron chi connectivity index (χ2n) is 14.0. The molecule has 0 radical (unpaired) electrons. The normalized spacial score (nSPS) is 16.1. The largest absolute Gasteiger partial charge is 0.326 e. The Bertz CT molecular complexity index is 1450. The number of aromatic nitrogens is 1. The zero-order valence-corrected chi connectivity index (χ0v) is 29.9. The number of benzene rings is 2. The van der Waals surface area contributed by atoms with E-state index in [2.05, 4.69) is 22.6 Å². The lowest BCUT2D eigenvalue weighted by molar-refractivity contribution is -0.127. The Morgan fingerprint density at radius 3 is 2.06 bits per heavy atom. The lowest BCUT2D eigenvalue weighted by atomic mass is 9.89. The van der Waals surface area contributed by atoms with Crippen LogP contribution in [0.5, 0.6) is 0 Å². The van der Waals surface area contributed by atoms with Crippen LogP contribution in [0.4, 0.5) is 9.18 Å². The Hall–Kier alpha value is -2.90. The number of hydrogen-bond acceptors (Lipinski definition) is 3. The van der Waals surface area contributed by atoms with E-state index in [0.29, 0.717) is 37.0 Å². The van der Waals surface area contributed by atoms with Crippen molar-refractivity contribution < 1.29 is 14.0 Å². The number of piperidine rings is 1. The summed E-state index contributed by atoms with van der Waals surface area (Å²) in [4.78, 5) is 31.7. The molecule has 0 spiro atoms. The molecule has 0 unspecified atom stereocenters. The molecule has 0 bridgehead atoms. The molecule has 0 atom stereocenters. The molecular weight excluding hydrogens is 623 g/mol. The second-order valence-corrected chi connectivity index (χ2v) is 14.5. The van der Waals surface area contributed by atoms with Crippen molar-refractivity contribution in [1.29, 1.82) is 0 Å². The molecule has 3 aromatic rings. The average Bonchev–Trinajstić information content (AvgIpc) is 3.66. The molecule has 48 heavy (non-hydrogen) atoms. The minimum atomic E-state index is -0.245. The summed E-state index contributed by atoms with van der Waals surface area (Å²) in [5.74, 6) is 0.146. The van der Waals surface area contributed by atoms with Crippen LogP contribution in [-0.2, 0) is 4.79 Å². The highest BCUT2D eigenvalue weighted by atomic mass is 35.5. The van der Waals surface area contributed by atoms with E-state index >= 15 is 0 Å². The molecule has 5 rings (SSSR count). The number of halogens is 2. The van der Waals surface area contributed by atoms with Crippen molar-refractivity contribution in [3.8, 4) is 5.69 Å². The number of carbonyl (C=O) groups is 2. The van der Waals surface area contributed by atoms with E-state index in [9.17, 15) is 14.0 Å². The average molecular weight is 679 g/mol. The number of fused-ring (bicyclic) bond motifs is 1. The van der Waals surface area contributed by atoms with E-state index in [1.807, 2.05) is 35.2 Å². The van der Waals surface area contributed by atoms with Gasteiger partial charge in [0.2, 0.25) is 5.91 Å². The van der Waals surface area contributed by atoms with Crippen LogP contribution in [0, 0.1) is 5.82 Å². The fraction of sp³-hybridized carbons (Fsp3) is 0.600. The van der Waals surface area contributed by atoms with Gasteiger partial charge < -0.3 is 14.4 Å². The van der Waals surface area contributed by atoms with Gasteiger partial charge in [-0.05, 0) is 86.3 Å². The van der Waals surface area contributed by atoms with E-state index in [4.69, 9.17) is 11.6 Å². The van der Waals surface area contributed by atoms with Crippen LogP contribution in [0.15, 0.2) is 48.7 Å². The first-order valence-electron chi connectivity index (χ1n) is 18.8. The molecule has 2 aliphatic rings. The van der Waals surface area contributed by atoms with Crippen molar-refractivity contribution in [1.82, 2.24) is 19.3 Å². The molecule has 3 amide bonds. The SMILES string of the molecule is CCCCCCCCCCCCCCCC(=O)N1CCN(CCN2CCC(c3cn(-c4ccc(F)cc4)c4ccc(Cl)cc34)CC2)C1=O. The van der Waals surface area contributed by atoms with Gasteiger partial charge >= 0.3 is 6.03 Å². The first-order valence-corrected chi connectivity index (χ1v) is 19.2. The van der Waals surface area contributed by atoms with Gasteiger partial charge in [-0.1, -0.05) is 95.6 Å². The minimum Gasteiger partial charge on any atom is -0.321 e. The van der Waals surface area contributed by atoms with Crippen LogP contribution >= 0.6 is 11.6 Å². The van der Waals surface area contributed by atoms with Crippen molar-refractivity contribution in [2.45, 2.75) is 116 Å². The Morgan fingerprint density at radius 1 is 0.792 bits per heavy atom. The molecule has 8 heteroatoms. The lowest BCUT2D eigenvalue weighted by Gasteiger charge is -2.33. The molecule has 2 saturated heterocycles. The van der Waals surface area contributed by atoms with Crippen LogP contribution in [0.25, 0.3) is 16.6 Å². The molecular formula is C40H56ClFN4O2. The summed E-state index contributed by atoms with van der Waals surface area (Å²) < 4.78 is 15.7. The smallest absolute Gasteiger partial charge is 0.321 e. The number of carbonyl (C=O) groups excluding carboxylic acids is 2. The molecule has 262 valence electrons. The van der Waals surface area contributed by atoms with Crippen LogP contribution in [0.2, 0.25) is 5.02 Å². The van der Waals surface area contributed by atoms with Crippen molar-refractivity contribution in [2.24, 2.45) is 0 Å². The highest BCUT2D eigenvalue weighted by Crippen LogP contribution is 2.37. The van der Waals surface area contributed by atoms with Gasteiger partial charge in [0.25, 0.3) is 0 Å². The van der Waals surface area contributed by atoms with Crippen LogP contribution in [0.3, 0.4) is 0 Å². The van der Waals surface area contributed by atoms with Crippen LogP contribution in [-0.4, -0.2) is 70.5 Å². The maximum absolute atomic E-state index is 13.6. The third kappa shape index (κ3) is 10.1. The van der Waals surface area contributed by atoms with Gasteiger partial charge in [-0.2, -0.15) is 0 Å². The third-order valence-electron chi connectivity index (χ3n) is 10.5. The van der Waals surface area contributed by atoms with E-state index in [0.717, 1.165) is 61.9 Å². The molecule has 2 aromatic carbocycles. The van der Waals surface area contributed by atoms with Crippen LogP contribution in [0.1, 0.15) is 121 Å². The van der Waals surface area contributed by atoms with Gasteiger partial charge in [-0.15, -0.1) is 0 Å². The molecule has 3 heterocycles. The molecule has 2 aliphatic heterocycles. The molecule has 0 saturated carbocycles. The van der Waals surface area contributed by atoms with Gasteiger partial charge in [0.1, 0.15) is 5.82 Å². The summed E-state index contributed by atoms with van der Waals surface area (Å²) in [6, 6.07) is 12.5. The van der Waals surface area contributed by atoms with Gasteiger partial charge in [-0.25, -0.2) is 9.18 Å². The van der Waals surface area contributed by atoms with E-state index in [1.54, 1.807) is 0 Å². The third-order valence-corrected chi connectivity index (χ3v) is 10.7. The van der Waals surface area contributed by atoms with Gasteiger partial charge in [-0.3, -0.25) is 9.69 Å². The summed E-state index contributed by atoms with van der Waals surface area (Å²) in [5, 5.41) is 1.86. The number of urea groups is 1. The summed E-state index contributed by atoms with van der Waals surface area (Å²) >= 11 is 6.42. The second kappa shape index (κ2) is 18.7. The Morgan fingerprint density at radius 2 is 1.42 bits per heavy atom. The summed E-state index contributed by atoms with van der Waals surface area (Å²) in [6.07, 6.45) is 21.4. The number of rotatable bonds is 19. The number of amides is 3. The fourth-order valence-electron chi connectivity index (χ4n) is 7.55. The molecule has 0 aliphatic carbocycles. The zero-order valence-electron chi connectivity index (χ0n) is 29.1. The van der Waals surface area contributed by atoms with Crippen LogP contribution < -0.4 is 0 Å². The summed E-state index contributed by atoms with van der Waals surface area (Å²) in [6.45, 7) is 6.80. The van der Waals surface area contributed by atoms with Crippen molar-refractivity contribution in [3.63, 3.8) is 0 Å². The number of hydrogen-bond donors (Lipinski definition) is 0. The lowest BCUT2D eigenvalue weighted by Crippen LogP contribution is -2.41. The number of unbranched alkanes of at least 4 members (excludes halogenated alkanes) is 12. The highest BCUT2D eigenvalue weighted by molar-refractivity contribution is 6.31. The maximum atomic E-state index is 13.6. The fourth-order valence-corrected chi connectivity index (χ4v) is 7.72. The maximum Gasteiger partial charge on any atom is 0.326 e. The van der Waals surface area contributed by atoms with E-state index in [1.165, 1.54) is 93.2 Å². The first kappa shape index (κ1) is 36.4. The monoisotopic (exact) mass is 678 g/mol. The van der Waals surface area contributed by atoms with E-state index in [-0.39, 0.29) is 17.8 Å². The number of likely N-dealkylation sites (tertiary alicyclic amines) is 1. The van der Waals surface area contributed by atoms with Crippen molar-refractivity contribution in [3.05, 3.63) is 65.1 Å². The molecule has 1 aromatic heterocycles. The standard InChI is InChI=1S/C40H56ClFN4O2/c1-2-3-4-5-6-7-8-9-10-11-12-13-14-15-39(47)45-29-28-44(40(45)48)27-26-43-24-22-32(23-25-43)37-31-46(35-19-17-34(42)18-20-35)38-21-16-33(41)30-36(37)38/h16-21,30-32H,2-15,22-29H2,1H3. The summed E-state index contributed by atoms with van der Waals surface area (Å²) in [5.41, 5.74) is 3.28. The Balaban J connectivity index is 0.984. The quantitative estimate of drug-likeness (QED) is 0.119. The summed E-state index contributed by atoms with van der Waals surface area (Å²) in [7, 11) is 0. The first-order chi connectivity index (χ1) is 23.4. The Kier molecular flexibility index (Phi) is 14.2. The minimum absolute atomic E-state index is 0.00806. The Labute approximate surface area is 292 Å². The number of imide groups is 1. The molecule has 6 nitrogen and oxygen atoms in total. The highest BCUT2D eigenvalue weighted by Gasteiger charge is 2.33. The topological polar surface area (TPSA) is 48.8 Å². The predicted octanol–water partition coefficient (Wildman–Crippen LogP) is 10.3. The van der Waals surface area contributed by atoms with Gasteiger partial charge in [0.15, 0.2) is 0 Å². The number of nitrogens with zero attached hydrogens (tertiary/aromatic N) is 4. The van der Waals surface area contributed by atoms with E-state index < -0.39 is 0 Å². The molecule has 2 fully saturated rings. The molecule has 0 N–H and O–H groups in total. The van der Waals surface area contributed by atoms with Gasteiger partial charge in [0, 0.05) is 54.9 Å². The van der Waals surface area contributed by atoms with Crippen molar-refractivity contribution >= 4 is 34.4 Å². The predicted molar refractivity (Wildman–Crippen MR) is 196 cm³/mol. The zero-order chi connectivity index (χ0) is 33.7. The van der Waals surface area contributed by atoms with Crippen molar-refractivity contribution in [2.75, 3.05) is 39.3 Å².